The maximum Gasteiger partial charge on any atom is 0.433 e. The molecule has 1 saturated heterocycles. The Kier molecular flexibility index (Phi) is 4.73. The van der Waals surface area contributed by atoms with Gasteiger partial charge in [-0.05, 0) is 36.1 Å². The van der Waals surface area contributed by atoms with Crippen molar-refractivity contribution in [3.05, 3.63) is 71.1 Å². The Hall–Kier alpha value is -3.27. The zero-order valence-corrected chi connectivity index (χ0v) is 16.9. The Morgan fingerprint density at radius 2 is 1.97 bits per heavy atom. The van der Waals surface area contributed by atoms with Crippen LogP contribution in [0.3, 0.4) is 0 Å². The minimum atomic E-state index is -4.57. The number of hydrogen-bond acceptors (Lipinski definition) is 5. The van der Waals surface area contributed by atoms with Crippen LogP contribution in [0.25, 0.3) is 16.2 Å². The molecule has 0 bridgehead atoms. The maximum atomic E-state index is 13.7. The topological polar surface area (TPSA) is 63.4 Å². The van der Waals surface area contributed by atoms with E-state index in [2.05, 4.69) is 15.1 Å². The molecule has 31 heavy (non-hydrogen) atoms. The summed E-state index contributed by atoms with van der Waals surface area (Å²) in [7, 11) is 0. The zero-order chi connectivity index (χ0) is 21.6. The van der Waals surface area contributed by atoms with Crippen LogP contribution in [0.4, 0.5) is 13.2 Å². The van der Waals surface area contributed by atoms with E-state index in [-0.39, 0.29) is 23.2 Å². The van der Waals surface area contributed by atoms with Crippen molar-refractivity contribution < 1.29 is 18.0 Å². The second-order valence-electron chi connectivity index (χ2n) is 7.31. The van der Waals surface area contributed by atoms with E-state index in [1.807, 2.05) is 0 Å². The average molecular weight is 443 g/mol. The third-order valence-corrected chi connectivity index (χ3v) is 6.22. The molecule has 0 spiro atoms. The monoisotopic (exact) mass is 443 g/mol. The lowest BCUT2D eigenvalue weighted by Crippen LogP contribution is -2.28. The first-order valence-corrected chi connectivity index (χ1v) is 10.5. The van der Waals surface area contributed by atoms with E-state index in [0.29, 0.717) is 35.6 Å². The summed E-state index contributed by atoms with van der Waals surface area (Å²) >= 11 is 1.33. The number of hydrogen-bond donors (Lipinski definition) is 0. The minimum Gasteiger partial charge on any atom is -0.338 e. The van der Waals surface area contributed by atoms with Crippen LogP contribution in [0.15, 0.2) is 54.2 Å². The van der Waals surface area contributed by atoms with Gasteiger partial charge in [-0.15, -0.1) is 11.3 Å². The Morgan fingerprint density at radius 1 is 1.16 bits per heavy atom. The van der Waals surface area contributed by atoms with Crippen molar-refractivity contribution in [1.82, 2.24) is 24.5 Å². The Morgan fingerprint density at radius 3 is 2.68 bits per heavy atom. The molecule has 0 saturated carbocycles. The van der Waals surface area contributed by atoms with Crippen LogP contribution in [0.2, 0.25) is 0 Å². The first-order chi connectivity index (χ1) is 14.9. The lowest BCUT2D eigenvalue weighted by atomic mass is 10.1. The fourth-order valence-corrected chi connectivity index (χ4v) is 4.49. The van der Waals surface area contributed by atoms with E-state index in [9.17, 15) is 18.0 Å². The molecule has 0 aromatic carbocycles. The molecule has 5 rings (SSSR count). The van der Waals surface area contributed by atoms with Crippen molar-refractivity contribution in [2.45, 2.75) is 18.5 Å². The number of halogens is 3. The largest absolute Gasteiger partial charge is 0.433 e. The van der Waals surface area contributed by atoms with E-state index in [4.69, 9.17) is 0 Å². The summed E-state index contributed by atoms with van der Waals surface area (Å²) in [6.45, 7) is 0.907. The molecule has 1 amide bonds. The van der Waals surface area contributed by atoms with E-state index in [1.165, 1.54) is 11.3 Å². The molecule has 158 valence electrons. The van der Waals surface area contributed by atoms with Crippen LogP contribution >= 0.6 is 11.3 Å². The lowest BCUT2D eigenvalue weighted by Gasteiger charge is -2.15. The number of carbonyl (C=O) groups is 1. The molecule has 5 heterocycles. The van der Waals surface area contributed by atoms with Crippen molar-refractivity contribution in [2.75, 3.05) is 13.1 Å². The van der Waals surface area contributed by atoms with Gasteiger partial charge in [-0.2, -0.15) is 18.3 Å². The van der Waals surface area contributed by atoms with Crippen LogP contribution in [-0.4, -0.2) is 43.5 Å². The quantitative estimate of drug-likeness (QED) is 0.468. The van der Waals surface area contributed by atoms with Crippen molar-refractivity contribution in [1.29, 1.82) is 0 Å². The molecule has 0 aliphatic carbocycles. The van der Waals surface area contributed by atoms with Gasteiger partial charge in [0, 0.05) is 43.0 Å². The summed E-state index contributed by atoms with van der Waals surface area (Å²) in [6, 6.07) is 9.42. The van der Waals surface area contributed by atoms with Gasteiger partial charge in [-0.3, -0.25) is 9.78 Å². The molecule has 1 aliphatic rings. The number of fused-ring (bicyclic) bond motifs is 1. The predicted molar refractivity (Wildman–Crippen MR) is 109 cm³/mol. The van der Waals surface area contributed by atoms with Gasteiger partial charge < -0.3 is 4.90 Å². The molecule has 1 aliphatic heterocycles. The molecule has 0 N–H and O–H groups in total. The molecule has 4 aromatic rings. The van der Waals surface area contributed by atoms with Crippen molar-refractivity contribution in [3.8, 4) is 10.6 Å². The third kappa shape index (κ3) is 3.67. The number of rotatable bonds is 3. The number of thiophene rings is 1. The fraction of sp³-hybridized carbons (Fsp3) is 0.238. The number of likely N-dealkylation sites (tertiary alicyclic amines) is 1. The van der Waals surface area contributed by atoms with Crippen LogP contribution in [-0.2, 0) is 6.18 Å². The van der Waals surface area contributed by atoms with Gasteiger partial charge in [0.25, 0.3) is 5.91 Å². The zero-order valence-electron chi connectivity index (χ0n) is 16.1. The number of nitrogens with zero attached hydrogens (tertiary/aromatic N) is 5. The summed E-state index contributed by atoms with van der Waals surface area (Å²) < 4.78 is 42.1. The number of amides is 1. The second kappa shape index (κ2) is 7.45. The van der Waals surface area contributed by atoms with Crippen LogP contribution in [0.1, 0.15) is 34.1 Å². The smallest absolute Gasteiger partial charge is 0.338 e. The van der Waals surface area contributed by atoms with Crippen LogP contribution < -0.4 is 0 Å². The number of pyridine rings is 1. The molecule has 1 fully saturated rings. The Balaban J connectivity index is 1.48. The number of carbonyl (C=O) groups excluding carboxylic acids is 1. The van der Waals surface area contributed by atoms with Gasteiger partial charge in [-0.25, -0.2) is 9.50 Å². The first-order valence-electron chi connectivity index (χ1n) is 9.61. The van der Waals surface area contributed by atoms with Gasteiger partial charge in [0.2, 0.25) is 0 Å². The molecular weight excluding hydrogens is 427 g/mol. The summed E-state index contributed by atoms with van der Waals surface area (Å²) in [5.74, 6) is -0.276. The number of alkyl halides is 3. The van der Waals surface area contributed by atoms with Crippen LogP contribution in [0, 0.1) is 0 Å². The van der Waals surface area contributed by atoms with E-state index < -0.39 is 11.9 Å². The Bertz CT molecular complexity index is 1240. The summed E-state index contributed by atoms with van der Waals surface area (Å²) in [5.41, 5.74) is 0.586. The normalized spacial score (nSPS) is 16.9. The predicted octanol–water partition coefficient (Wildman–Crippen LogP) is 4.50. The highest BCUT2D eigenvalue weighted by molar-refractivity contribution is 7.13. The van der Waals surface area contributed by atoms with E-state index in [1.54, 1.807) is 53.0 Å². The summed E-state index contributed by atoms with van der Waals surface area (Å²) in [4.78, 5) is 23.3. The molecule has 4 aromatic heterocycles. The SMILES string of the molecule is O=C(c1ccncc1)N1CCC(c2cc3nc(-c4cccs4)cc(C(F)(F)F)n3n2)C1. The van der Waals surface area contributed by atoms with Gasteiger partial charge in [0.1, 0.15) is 0 Å². The molecular formula is C21H16F3N5OS. The third-order valence-electron chi connectivity index (χ3n) is 5.33. The maximum absolute atomic E-state index is 13.7. The van der Waals surface area contributed by atoms with Gasteiger partial charge in [0.05, 0.1) is 16.3 Å². The summed E-state index contributed by atoms with van der Waals surface area (Å²) in [6.07, 6.45) is -0.841. The standard InChI is InChI=1S/C21H16F3N5OS/c22-21(23,24)18-10-16(17-2-1-9-31-17)26-19-11-15(27-29(18)19)14-5-8-28(12-14)20(30)13-3-6-25-7-4-13/h1-4,6-7,9-11,14H,5,8,12H2. The number of aromatic nitrogens is 4. The molecule has 1 atom stereocenters. The van der Waals surface area contributed by atoms with Gasteiger partial charge >= 0.3 is 6.18 Å². The minimum absolute atomic E-state index is 0.122. The van der Waals surface area contributed by atoms with E-state index >= 15 is 0 Å². The molecule has 1 unspecified atom stereocenters. The molecule has 6 nitrogen and oxygen atoms in total. The van der Waals surface area contributed by atoms with Crippen molar-refractivity contribution >= 4 is 22.9 Å². The highest BCUT2D eigenvalue weighted by atomic mass is 32.1. The highest BCUT2D eigenvalue weighted by Crippen LogP contribution is 2.35. The molecule has 0 radical (unpaired) electrons. The van der Waals surface area contributed by atoms with Crippen molar-refractivity contribution in [3.63, 3.8) is 0 Å². The van der Waals surface area contributed by atoms with Crippen molar-refractivity contribution in [2.24, 2.45) is 0 Å². The Labute approximate surface area is 179 Å². The first kappa shape index (κ1) is 19.7. The van der Waals surface area contributed by atoms with E-state index in [0.717, 1.165) is 10.6 Å². The average Bonchev–Trinajstić information content (AvgIpc) is 3.52. The van der Waals surface area contributed by atoms with Gasteiger partial charge in [0.15, 0.2) is 11.3 Å². The second-order valence-corrected chi connectivity index (χ2v) is 8.26. The lowest BCUT2D eigenvalue weighted by molar-refractivity contribution is -0.142. The molecule has 10 heteroatoms. The van der Waals surface area contributed by atoms with Gasteiger partial charge in [-0.1, -0.05) is 6.07 Å². The summed E-state index contributed by atoms with van der Waals surface area (Å²) in [5, 5.41) is 6.03. The fourth-order valence-electron chi connectivity index (χ4n) is 3.81. The highest BCUT2D eigenvalue weighted by Gasteiger charge is 2.36. The van der Waals surface area contributed by atoms with Crippen LogP contribution in [0.5, 0.6) is 0 Å².